The van der Waals surface area contributed by atoms with Crippen molar-refractivity contribution >= 4 is 46.2 Å². The molecular weight excluding hydrogens is 733 g/mol. The molecule has 0 fully saturated rings. The van der Waals surface area contributed by atoms with Gasteiger partial charge in [0.25, 0.3) is 11.8 Å². The van der Waals surface area contributed by atoms with E-state index in [1.165, 1.54) is 0 Å². The van der Waals surface area contributed by atoms with Crippen LogP contribution in [0, 0.1) is 13.8 Å². The number of nitrogens with zero attached hydrogens (tertiary/aromatic N) is 10. The molecule has 2 unspecified atom stereocenters. The standard InChI is InChI=1S/2C18H17N5OS2/c2*1-11-6-4-7-13(10-11)17-19-15(22-24-17)12(2)26-18-21-20-16(23(18)3)14-8-5-9-25-14/h2*4-10,12H,1-3H3. The predicted molar refractivity (Wildman–Crippen MR) is 206 cm³/mol. The van der Waals surface area contributed by atoms with Gasteiger partial charge in [-0.3, -0.25) is 0 Å². The van der Waals surface area contributed by atoms with Crippen molar-refractivity contribution in [1.29, 1.82) is 0 Å². The van der Waals surface area contributed by atoms with Crippen molar-refractivity contribution in [2.24, 2.45) is 14.1 Å². The second-order valence-electron chi connectivity index (χ2n) is 11.9. The summed E-state index contributed by atoms with van der Waals surface area (Å²) in [6.07, 6.45) is 0. The van der Waals surface area contributed by atoms with Gasteiger partial charge in [0.2, 0.25) is 0 Å². The van der Waals surface area contributed by atoms with Crippen LogP contribution < -0.4 is 0 Å². The Morgan fingerprint density at radius 3 is 1.42 bits per heavy atom. The second kappa shape index (κ2) is 15.8. The van der Waals surface area contributed by atoms with Gasteiger partial charge in [-0.25, -0.2) is 0 Å². The summed E-state index contributed by atoms with van der Waals surface area (Å²) in [6.45, 7) is 8.15. The van der Waals surface area contributed by atoms with Crippen LogP contribution >= 0.6 is 46.2 Å². The molecule has 52 heavy (non-hydrogen) atoms. The van der Waals surface area contributed by atoms with E-state index in [-0.39, 0.29) is 10.5 Å². The molecule has 0 spiro atoms. The van der Waals surface area contributed by atoms with E-state index in [9.17, 15) is 0 Å². The lowest BCUT2D eigenvalue weighted by Gasteiger charge is -2.06. The van der Waals surface area contributed by atoms with Gasteiger partial charge in [-0.1, -0.05) is 81.4 Å². The molecule has 0 radical (unpaired) electrons. The first-order valence-electron chi connectivity index (χ1n) is 16.2. The monoisotopic (exact) mass is 766 g/mol. The van der Waals surface area contributed by atoms with Crippen LogP contribution in [0.4, 0.5) is 0 Å². The molecule has 12 nitrogen and oxygen atoms in total. The highest BCUT2D eigenvalue weighted by molar-refractivity contribution is 7.99. The highest BCUT2D eigenvalue weighted by Gasteiger charge is 2.22. The molecule has 8 rings (SSSR count). The van der Waals surface area contributed by atoms with E-state index in [4.69, 9.17) is 9.05 Å². The van der Waals surface area contributed by atoms with E-state index < -0.39 is 0 Å². The normalized spacial score (nSPS) is 12.4. The molecule has 16 heteroatoms. The fraction of sp³-hybridized carbons (Fsp3) is 0.222. The summed E-state index contributed by atoms with van der Waals surface area (Å²) in [6, 6.07) is 24.2. The number of benzene rings is 2. The molecule has 0 saturated heterocycles. The minimum absolute atomic E-state index is 0.00334. The molecule has 2 aromatic carbocycles. The van der Waals surface area contributed by atoms with Crippen LogP contribution in [0.15, 0.2) is 103 Å². The molecule has 0 amide bonds. The first-order valence-corrected chi connectivity index (χ1v) is 19.8. The molecule has 2 atom stereocenters. The Morgan fingerprint density at radius 2 is 1.04 bits per heavy atom. The van der Waals surface area contributed by atoms with Crippen molar-refractivity contribution < 1.29 is 9.05 Å². The number of thioether (sulfide) groups is 2. The smallest absolute Gasteiger partial charge is 0.257 e. The minimum atomic E-state index is -0.00334. The quantitative estimate of drug-likeness (QED) is 0.123. The van der Waals surface area contributed by atoms with Gasteiger partial charge in [0.1, 0.15) is 0 Å². The fourth-order valence-electron chi connectivity index (χ4n) is 5.09. The summed E-state index contributed by atoms with van der Waals surface area (Å²) < 4.78 is 14.9. The van der Waals surface area contributed by atoms with Crippen molar-refractivity contribution in [3.63, 3.8) is 0 Å². The summed E-state index contributed by atoms with van der Waals surface area (Å²) >= 11 is 6.42. The van der Waals surface area contributed by atoms with E-state index in [1.54, 1.807) is 46.2 Å². The zero-order chi connectivity index (χ0) is 36.2. The average molecular weight is 767 g/mol. The zero-order valence-electron chi connectivity index (χ0n) is 29.2. The molecule has 6 heterocycles. The van der Waals surface area contributed by atoms with E-state index in [0.717, 1.165) is 54.0 Å². The number of thiophene rings is 2. The maximum Gasteiger partial charge on any atom is 0.257 e. The third-order valence-electron chi connectivity index (χ3n) is 7.86. The largest absolute Gasteiger partial charge is 0.334 e. The first kappa shape index (κ1) is 35.5. The van der Waals surface area contributed by atoms with Crippen molar-refractivity contribution in [1.82, 2.24) is 49.8 Å². The van der Waals surface area contributed by atoms with Crippen molar-refractivity contribution in [3.05, 3.63) is 106 Å². The second-order valence-corrected chi connectivity index (χ2v) is 16.4. The summed E-state index contributed by atoms with van der Waals surface area (Å²) in [5.74, 6) is 4.09. The van der Waals surface area contributed by atoms with Gasteiger partial charge in [-0.2, -0.15) is 9.97 Å². The molecule has 0 saturated carbocycles. The SMILES string of the molecule is Cc1cccc(-c2nc(C(C)Sc3nnc(-c4cccs4)n3C)no2)c1.Cc1cccc(-c2nc(C(C)Sc3nnc(-c4cccs4)n3C)no2)c1. The Morgan fingerprint density at radius 1 is 0.596 bits per heavy atom. The number of rotatable bonds is 10. The molecule has 6 aromatic heterocycles. The number of hydrogen-bond acceptors (Lipinski definition) is 14. The minimum Gasteiger partial charge on any atom is -0.334 e. The van der Waals surface area contributed by atoms with Gasteiger partial charge in [-0.05, 0) is 74.9 Å². The third kappa shape index (κ3) is 7.94. The Hall–Kier alpha value is -4.90. The fourth-order valence-corrected chi connectivity index (χ4v) is 8.28. The van der Waals surface area contributed by atoms with Crippen molar-refractivity contribution in [2.75, 3.05) is 0 Å². The maximum absolute atomic E-state index is 5.44. The Labute approximate surface area is 316 Å². The van der Waals surface area contributed by atoms with Crippen LogP contribution in [-0.4, -0.2) is 49.8 Å². The first-order chi connectivity index (χ1) is 25.2. The van der Waals surface area contributed by atoms with E-state index in [1.807, 2.05) is 134 Å². The van der Waals surface area contributed by atoms with Crippen LogP contribution in [0.3, 0.4) is 0 Å². The summed E-state index contributed by atoms with van der Waals surface area (Å²) in [5.41, 5.74) is 4.17. The molecule has 264 valence electrons. The van der Waals surface area contributed by atoms with E-state index in [0.29, 0.717) is 23.4 Å². The van der Waals surface area contributed by atoms with Crippen LogP contribution in [0.25, 0.3) is 44.3 Å². The molecule has 8 aromatic rings. The van der Waals surface area contributed by atoms with Crippen LogP contribution in [0.2, 0.25) is 0 Å². The molecule has 0 aliphatic heterocycles. The van der Waals surface area contributed by atoms with Crippen LogP contribution in [0.1, 0.15) is 47.1 Å². The highest BCUT2D eigenvalue weighted by atomic mass is 32.2. The van der Waals surface area contributed by atoms with Crippen LogP contribution in [-0.2, 0) is 14.1 Å². The van der Waals surface area contributed by atoms with Crippen molar-refractivity contribution in [2.45, 2.75) is 48.5 Å². The lowest BCUT2D eigenvalue weighted by Crippen LogP contribution is -1.97. The molecular formula is C36H34N10O2S4. The van der Waals surface area contributed by atoms with Gasteiger partial charge < -0.3 is 18.2 Å². The predicted octanol–water partition coefficient (Wildman–Crippen LogP) is 9.51. The number of aromatic nitrogens is 10. The zero-order valence-corrected chi connectivity index (χ0v) is 32.4. The van der Waals surface area contributed by atoms with E-state index >= 15 is 0 Å². The van der Waals surface area contributed by atoms with Crippen molar-refractivity contribution in [3.8, 4) is 44.3 Å². The summed E-state index contributed by atoms with van der Waals surface area (Å²) in [7, 11) is 3.94. The molecule has 0 bridgehead atoms. The van der Waals surface area contributed by atoms with Gasteiger partial charge in [-0.15, -0.1) is 43.1 Å². The third-order valence-corrected chi connectivity index (χ3v) is 11.9. The number of hydrogen-bond donors (Lipinski definition) is 0. The number of aryl methyl sites for hydroxylation is 2. The van der Waals surface area contributed by atoms with Gasteiger partial charge in [0.05, 0.1) is 20.3 Å². The maximum atomic E-state index is 5.44. The van der Waals surface area contributed by atoms with Gasteiger partial charge in [0, 0.05) is 25.2 Å². The molecule has 0 aliphatic carbocycles. The lowest BCUT2D eigenvalue weighted by molar-refractivity contribution is 0.422. The lowest BCUT2D eigenvalue weighted by atomic mass is 10.1. The van der Waals surface area contributed by atoms with Crippen LogP contribution in [0.5, 0.6) is 0 Å². The van der Waals surface area contributed by atoms with Gasteiger partial charge in [0.15, 0.2) is 33.6 Å². The Bertz CT molecular complexity index is 2210. The topological polar surface area (TPSA) is 139 Å². The highest BCUT2D eigenvalue weighted by Crippen LogP contribution is 2.36. The van der Waals surface area contributed by atoms with Gasteiger partial charge >= 0.3 is 0 Å². The Kier molecular flexibility index (Phi) is 10.8. The van der Waals surface area contributed by atoms with E-state index in [2.05, 4.69) is 40.7 Å². The molecule has 0 N–H and O–H groups in total. The molecule has 0 aliphatic rings. The summed E-state index contributed by atoms with van der Waals surface area (Å²) in [4.78, 5) is 11.3. The Balaban J connectivity index is 0.000000162. The summed E-state index contributed by atoms with van der Waals surface area (Å²) in [5, 5.41) is 31.2. The average Bonchev–Trinajstić information content (AvgIpc) is 3.99.